The number of carbonyl (C=O) groups is 2. The van der Waals surface area contributed by atoms with Crippen molar-refractivity contribution in [3.8, 4) is 0 Å². The van der Waals surface area contributed by atoms with Gasteiger partial charge >= 0.3 is 5.97 Å². The van der Waals surface area contributed by atoms with Crippen LogP contribution in [0.1, 0.15) is 17.5 Å². The normalized spacial score (nSPS) is 15.5. The second kappa shape index (κ2) is 5.40. The van der Waals surface area contributed by atoms with Crippen LogP contribution in [0.25, 0.3) is 0 Å². The van der Waals surface area contributed by atoms with Gasteiger partial charge in [-0.25, -0.2) is 0 Å². The Labute approximate surface area is 112 Å². The molecule has 0 spiro atoms. The number of amides is 1. The van der Waals surface area contributed by atoms with Crippen LogP contribution in [0.3, 0.4) is 0 Å². The van der Waals surface area contributed by atoms with Gasteiger partial charge < -0.3 is 15.3 Å². The molecule has 0 aliphatic carbocycles. The third-order valence-corrected chi connectivity index (χ3v) is 3.53. The summed E-state index contributed by atoms with van der Waals surface area (Å²) in [5, 5.41) is 11.8. The highest BCUT2D eigenvalue weighted by atomic mass is 16.4. The molecule has 0 radical (unpaired) electrons. The van der Waals surface area contributed by atoms with Gasteiger partial charge in [0.05, 0.1) is 12.8 Å². The van der Waals surface area contributed by atoms with Gasteiger partial charge in [-0.05, 0) is 30.7 Å². The molecule has 0 saturated carbocycles. The SMILES string of the molecule is CNC(CC(=O)O)Cc1ccc2c(c1)CC(=O)N2C. The summed E-state index contributed by atoms with van der Waals surface area (Å²) in [6.07, 6.45) is 1.17. The first-order valence-corrected chi connectivity index (χ1v) is 6.28. The van der Waals surface area contributed by atoms with Gasteiger partial charge in [0.2, 0.25) is 5.91 Å². The molecule has 0 bridgehead atoms. The largest absolute Gasteiger partial charge is 0.481 e. The van der Waals surface area contributed by atoms with E-state index in [1.807, 2.05) is 18.2 Å². The Bertz CT molecular complexity index is 513. The monoisotopic (exact) mass is 262 g/mol. The molecule has 1 atom stereocenters. The molecule has 0 aromatic heterocycles. The summed E-state index contributed by atoms with van der Waals surface area (Å²) in [6, 6.07) is 5.80. The number of nitrogens with one attached hydrogen (secondary N) is 1. The summed E-state index contributed by atoms with van der Waals surface area (Å²) in [4.78, 5) is 24.0. The quantitative estimate of drug-likeness (QED) is 0.824. The Kier molecular flexibility index (Phi) is 3.85. The molecule has 19 heavy (non-hydrogen) atoms. The first kappa shape index (κ1) is 13.5. The van der Waals surface area contributed by atoms with Crippen molar-refractivity contribution in [1.82, 2.24) is 5.32 Å². The van der Waals surface area contributed by atoms with Crippen LogP contribution < -0.4 is 10.2 Å². The zero-order chi connectivity index (χ0) is 14.0. The van der Waals surface area contributed by atoms with Crippen LogP contribution in [-0.4, -0.2) is 37.1 Å². The van der Waals surface area contributed by atoms with Crippen molar-refractivity contribution >= 4 is 17.6 Å². The summed E-state index contributed by atoms with van der Waals surface area (Å²) < 4.78 is 0. The second-order valence-corrected chi connectivity index (χ2v) is 4.88. The Morgan fingerprint density at radius 1 is 1.53 bits per heavy atom. The van der Waals surface area contributed by atoms with Gasteiger partial charge in [-0.3, -0.25) is 9.59 Å². The maximum atomic E-state index is 11.6. The fraction of sp³-hybridized carbons (Fsp3) is 0.429. The maximum absolute atomic E-state index is 11.6. The van der Waals surface area contributed by atoms with E-state index in [2.05, 4.69) is 5.32 Å². The molecule has 0 saturated heterocycles. The highest BCUT2D eigenvalue weighted by molar-refractivity contribution is 6.00. The first-order chi connectivity index (χ1) is 9.01. The highest BCUT2D eigenvalue weighted by Crippen LogP contribution is 2.28. The van der Waals surface area contributed by atoms with Gasteiger partial charge in [-0.1, -0.05) is 12.1 Å². The minimum Gasteiger partial charge on any atom is -0.481 e. The van der Waals surface area contributed by atoms with Crippen molar-refractivity contribution in [2.75, 3.05) is 19.0 Å². The van der Waals surface area contributed by atoms with Crippen molar-refractivity contribution in [2.45, 2.75) is 25.3 Å². The minimum absolute atomic E-state index is 0.0897. The predicted octanol–water partition coefficient (Wildman–Crippen LogP) is 0.811. The van der Waals surface area contributed by atoms with E-state index >= 15 is 0 Å². The van der Waals surface area contributed by atoms with E-state index in [4.69, 9.17) is 5.11 Å². The lowest BCUT2D eigenvalue weighted by atomic mass is 10.0. The van der Waals surface area contributed by atoms with Gasteiger partial charge in [0.15, 0.2) is 0 Å². The van der Waals surface area contributed by atoms with Crippen LogP contribution in [0.5, 0.6) is 0 Å². The van der Waals surface area contributed by atoms with E-state index in [0.717, 1.165) is 16.8 Å². The highest BCUT2D eigenvalue weighted by Gasteiger charge is 2.24. The molecule has 1 unspecified atom stereocenters. The van der Waals surface area contributed by atoms with Crippen molar-refractivity contribution in [1.29, 1.82) is 0 Å². The van der Waals surface area contributed by atoms with E-state index in [1.54, 1.807) is 19.0 Å². The third kappa shape index (κ3) is 2.93. The number of carboxylic acid groups (broad SMARTS) is 1. The molecule has 2 N–H and O–H groups in total. The molecule has 1 aliphatic rings. The van der Waals surface area contributed by atoms with Gasteiger partial charge in [-0.2, -0.15) is 0 Å². The van der Waals surface area contributed by atoms with E-state index in [0.29, 0.717) is 12.8 Å². The van der Waals surface area contributed by atoms with Gasteiger partial charge in [-0.15, -0.1) is 0 Å². The van der Waals surface area contributed by atoms with Crippen LogP contribution in [0, 0.1) is 0 Å². The number of nitrogens with zero attached hydrogens (tertiary/aromatic N) is 1. The second-order valence-electron chi connectivity index (χ2n) is 4.88. The minimum atomic E-state index is -0.810. The van der Waals surface area contributed by atoms with Crippen molar-refractivity contribution in [3.05, 3.63) is 29.3 Å². The number of anilines is 1. The number of fused-ring (bicyclic) bond motifs is 1. The van der Waals surface area contributed by atoms with Crippen LogP contribution in [0.4, 0.5) is 5.69 Å². The number of likely N-dealkylation sites (N-methyl/N-ethyl adjacent to an activating group) is 2. The van der Waals surface area contributed by atoms with Gasteiger partial charge in [0.1, 0.15) is 0 Å². The Balaban J connectivity index is 2.13. The van der Waals surface area contributed by atoms with Crippen molar-refractivity contribution in [2.24, 2.45) is 0 Å². The van der Waals surface area contributed by atoms with Crippen LogP contribution in [-0.2, 0) is 22.4 Å². The molecule has 5 heteroatoms. The molecule has 2 rings (SSSR count). The van der Waals surface area contributed by atoms with Crippen LogP contribution >= 0.6 is 0 Å². The van der Waals surface area contributed by atoms with Gasteiger partial charge in [0, 0.05) is 18.8 Å². The van der Waals surface area contributed by atoms with E-state index < -0.39 is 5.97 Å². The maximum Gasteiger partial charge on any atom is 0.304 e. The fourth-order valence-corrected chi connectivity index (χ4v) is 2.42. The summed E-state index contributed by atoms with van der Waals surface area (Å²) >= 11 is 0. The number of aliphatic carboxylic acids is 1. The van der Waals surface area contributed by atoms with E-state index in [9.17, 15) is 9.59 Å². The molecule has 1 aromatic rings. The van der Waals surface area contributed by atoms with Gasteiger partial charge in [0.25, 0.3) is 0 Å². The average Bonchev–Trinajstić information content (AvgIpc) is 2.63. The molecular formula is C14H18N2O3. The summed E-state index contributed by atoms with van der Waals surface area (Å²) in [7, 11) is 3.53. The summed E-state index contributed by atoms with van der Waals surface area (Å²) in [5.74, 6) is -0.710. The number of carbonyl (C=O) groups excluding carboxylic acids is 1. The Morgan fingerprint density at radius 3 is 2.89 bits per heavy atom. The zero-order valence-corrected chi connectivity index (χ0v) is 11.1. The smallest absolute Gasteiger partial charge is 0.304 e. The third-order valence-electron chi connectivity index (χ3n) is 3.53. The fourth-order valence-electron chi connectivity index (χ4n) is 2.42. The lowest BCUT2D eigenvalue weighted by molar-refractivity contribution is -0.137. The van der Waals surface area contributed by atoms with Crippen molar-refractivity contribution in [3.63, 3.8) is 0 Å². The molecule has 5 nitrogen and oxygen atoms in total. The lowest BCUT2D eigenvalue weighted by Gasteiger charge is -2.15. The topological polar surface area (TPSA) is 69.6 Å². The number of carboxylic acids is 1. The Hall–Kier alpha value is -1.88. The standard InChI is InChI=1S/C14H18N2O3/c1-15-11(8-14(18)19)6-9-3-4-12-10(5-9)7-13(17)16(12)2/h3-5,11,15H,6-8H2,1-2H3,(H,18,19). The molecule has 0 fully saturated rings. The molecule has 1 amide bonds. The first-order valence-electron chi connectivity index (χ1n) is 6.28. The van der Waals surface area contributed by atoms with Crippen LogP contribution in [0.2, 0.25) is 0 Å². The summed E-state index contributed by atoms with van der Waals surface area (Å²) in [5.41, 5.74) is 3.03. The molecular weight excluding hydrogens is 244 g/mol. The Morgan fingerprint density at radius 2 is 2.26 bits per heavy atom. The summed E-state index contributed by atoms with van der Waals surface area (Å²) in [6.45, 7) is 0. The van der Waals surface area contributed by atoms with Crippen molar-refractivity contribution < 1.29 is 14.7 Å². The predicted molar refractivity (Wildman–Crippen MR) is 72.4 cm³/mol. The molecule has 1 aromatic carbocycles. The van der Waals surface area contributed by atoms with E-state index in [1.165, 1.54) is 0 Å². The number of hydrogen-bond donors (Lipinski definition) is 2. The van der Waals surface area contributed by atoms with E-state index in [-0.39, 0.29) is 18.4 Å². The lowest BCUT2D eigenvalue weighted by Crippen LogP contribution is -2.30. The number of rotatable bonds is 5. The molecule has 1 aliphatic heterocycles. The zero-order valence-electron chi connectivity index (χ0n) is 11.1. The van der Waals surface area contributed by atoms with Crippen LogP contribution in [0.15, 0.2) is 18.2 Å². The number of hydrogen-bond acceptors (Lipinski definition) is 3. The molecule has 1 heterocycles. The average molecular weight is 262 g/mol. The number of benzene rings is 1. The molecule has 102 valence electrons.